The number of hydrogen-bond donors (Lipinski definition) is 1. The summed E-state index contributed by atoms with van der Waals surface area (Å²) in [4.78, 5) is 7.84. The van der Waals surface area contributed by atoms with Gasteiger partial charge in [0, 0.05) is 6.07 Å². The largest absolute Gasteiger partial charge is 0.494 e. The van der Waals surface area contributed by atoms with E-state index >= 15 is 0 Å². The van der Waals surface area contributed by atoms with E-state index in [-0.39, 0.29) is 6.01 Å². The van der Waals surface area contributed by atoms with Crippen molar-refractivity contribution in [3.8, 4) is 23.0 Å². The summed E-state index contributed by atoms with van der Waals surface area (Å²) in [7, 11) is 3.08. The SMILES string of the molecule is COc1cc(-c2cnc(N)o2)c(OC)cn1. The van der Waals surface area contributed by atoms with Crippen LogP contribution in [-0.2, 0) is 0 Å². The van der Waals surface area contributed by atoms with Crippen LogP contribution in [0, 0.1) is 0 Å². The molecule has 0 unspecified atom stereocenters. The molecule has 84 valence electrons. The van der Waals surface area contributed by atoms with Gasteiger partial charge in [-0.15, -0.1) is 0 Å². The highest BCUT2D eigenvalue weighted by molar-refractivity contribution is 5.66. The molecule has 0 atom stereocenters. The van der Waals surface area contributed by atoms with Gasteiger partial charge in [-0.1, -0.05) is 0 Å². The minimum atomic E-state index is 0.104. The molecule has 0 amide bonds. The molecule has 2 heterocycles. The summed E-state index contributed by atoms with van der Waals surface area (Å²) in [6.07, 6.45) is 3.07. The topological polar surface area (TPSA) is 83.4 Å². The summed E-state index contributed by atoms with van der Waals surface area (Å²) >= 11 is 0. The van der Waals surface area contributed by atoms with Crippen molar-refractivity contribution in [2.45, 2.75) is 0 Å². The third kappa shape index (κ3) is 1.77. The number of anilines is 1. The fourth-order valence-corrected chi connectivity index (χ4v) is 1.30. The second-order valence-corrected chi connectivity index (χ2v) is 2.99. The van der Waals surface area contributed by atoms with Gasteiger partial charge in [-0.2, -0.15) is 0 Å². The number of rotatable bonds is 3. The maximum atomic E-state index is 5.41. The van der Waals surface area contributed by atoms with Gasteiger partial charge in [-0.05, 0) is 0 Å². The minimum absolute atomic E-state index is 0.104. The van der Waals surface area contributed by atoms with E-state index in [2.05, 4.69) is 9.97 Å². The molecule has 2 aromatic rings. The van der Waals surface area contributed by atoms with Crippen molar-refractivity contribution in [3.63, 3.8) is 0 Å². The van der Waals surface area contributed by atoms with E-state index in [9.17, 15) is 0 Å². The number of methoxy groups -OCH3 is 2. The van der Waals surface area contributed by atoms with E-state index < -0.39 is 0 Å². The molecule has 0 saturated carbocycles. The first-order chi connectivity index (χ1) is 7.74. The Morgan fingerprint density at radius 3 is 2.56 bits per heavy atom. The molecule has 6 heteroatoms. The Hall–Kier alpha value is -2.24. The van der Waals surface area contributed by atoms with Crippen LogP contribution in [0.1, 0.15) is 0 Å². The standard InChI is InChI=1S/C10H11N3O3/c1-14-7-4-12-9(15-2)3-6(7)8-5-13-10(11)16-8/h3-5H,1-2H3,(H2,11,13). The van der Waals surface area contributed by atoms with Crippen molar-refractivity contribution in [2.75, 3.05) is 20.0 Å². The molecule has 2 N–H and O–H groups in total. The van der Waals surface area contributed by atoms with Gasteiger partial charge in [-0.25, -0.2) is 9.97 Å². The first-order valence-corrected chi connectivity index (χ1v) is 4.54. The molecule has 0 aliphatic heterocycles. The molecule has 0 aliphatic rings. The Labute approximate surface area is 92.0 Å². The predicted octanol–water partition coefficient (Wildman–Crippen LogP) is 1.34. The lowest BCUT2D eigenvalue weighted by Gasteiger charge is -2.06. The molecule has 16 heavy (non-hydrogen) atoms. The molecule has 0 aliphatic carbocycles. The van der Waals surface area contributed by atoms with Crippen LogP contribution in [0.3, 0.4) is 0 Å². The van der Waals surface area contributed by atoms with Gasteiger partial charge in [0.25, 0.3) is 6.01 Å². The van der Waals surface area contributed by atoms with Crippen molar-refractivity contribution >= 4 is 6.01 Å². The van der Waals surface area contributed by atoms with Gasteiger partial charge < -0.3 is 19.6 Å². The lowest BCUT2D eigenvalue weighted by atomic mass is 10.2. The molecule has 0 saturated heterocycles. The van der Waals surface area contributed by atoms with Crippen LogP contribution in [0.4, 0.5) is 6.01 Å². The second kappa shape index (κ2) is 4.09. The number of hydrogen-bond acceptors (Lipinski definition) is 6. The fraction of sp³-hybridized carbons (Fsp3) is 0.200. The highest BCUT2D eigenvalue weighted by Crippen LogP contribution is 2.32. The van der Waals surface area contributed by atoms with E-state index in [1.807, 2.05) is 0 Å². The first-order valence-electron chi connectivity index (χ1n) is 4.54. The molecule has 2 aromatic heterocycles. The van der Waals surface area contributed by atoms with Crippen molar-refractivity contribution in [1.29, 1.82) is 0 Å². The fourth-order valence-electron chi connectivity index (χ4n) is 1.30. The lowest BCUT2D eigenvalue weighted by molar-refractivity contribution is 0.387. The van der Waals surface area contributed by atoms with E-state index in [4.69, 9.17) is 19.6 Å². The monoisotopic (exact) mass is 221 g/mol. The van der Waals surface area contributed by atoms with E-state index in [0.717, 1.165) is 0 Å². The summed E-state index contributed by atoms with van der Waals surface area (Å²) in [6.45, 7) is 0. The highest BCUT2D eigenvalue weighted by atomic mass is 16.5. The summed E-state index contributed by atoms with van der Waals surface area (Å²) in [5.41, 5.74) is 6.11. The predicted molar refractivity (Wildman–Crippen MR) is 57.3 cm³/mol. The van der Waals surface area contributed by atoms with Crippen molar-refractivity contribution in [1.82, 2.24) is 9.97 Å². The average Bonchev–Trinajstić information content (AvgIpc) is 2.75. The van der Waals surface area contributed by atoms with Crippen LogP contribution in [0.5, 0.6) is 11.6 Å². The summed E-state index contributed by atoms with van der Waals surface area (Å²) in [6, 6.07) is 1.80. The van der Waals surface area contributed by atoms with Crippen LogP contribution in [0.2, 0.25) is 0 Å². The molecule has 0 fully saturated rings. The molecule has 6 nitrogen and oxygen atoms in total. The lowest BCUT2D eigenvalue weighted by Crippen LogP contribution is -1.92. The zero-order valence-corrected chi connectivity index (χ0v) is 8.93. The molecule has 0 radical (unpaired) electrons. The van der Waals surface area contributed by atoms with Crippen LogP contribution in [0.15, 0.2) is 22.9 Å². The molecule has 0 aromatic carbocycles. The molecule has 0 bridgehead atoms. The summed E-state index contributed by atoms with van der Waals surface area (Å²) in [5.74, 6) is 1.54. The Morgan fingerprint density at radius 2 is 2.00 bits per heavy atom. The van der Waals surface area contributed by atoms with Gasteiger partial charge in [0.1, 0.15) is 5.75 Å². The van der Waals surface area contributed by atoms with Crippen molar-refractivity contribution in [2.24, 2.45) is 0 Å². The van der Waals surface area contributed by atoms with Gasteiger partial charge in [-0.3, -0.25) is 0 Å². The third-order valence-electron chi connectivity index (χ3n) is 2.06. The first kappa shape index (κ1) is 10.3. The van der Waals surface area contributed by atoms with Gasteiger partial charge in [0.05, 0.1) is 32.2 Å². The normalized spacial score (nSPS) is 10.1. The molecule has 0 spiro atoms. The minimum Gasteiger partial charge on any atom is -0.494 e. The van der Waals surface area contributed by atoms with Crippen LogP contribution in [-0.4, -0.2) is 24.2 Å². The molecular weight excluding hydrogens is 210 g/mol. The number of pyridine rings is 1. The van der Waals surface area contributed by atoms with E-state index in [1.165, 1.54) is 13.3 Å². The average molecular weight is 221 g/mol. The second-order valence-electron chi connectivity index (χ2n) is 2.99. The number of aromatic nitrogens is 2. The summed E-state index contributed by atoms with van der Waals surface area (Å²) < 4.78 is 15.4. The number of ether oxygens (including phenoxy) is 2. The zero-order valence-electron chi connectivity index (χ0n) is 8.93. The quantitative estimate of drug-likeness (QED) is 0.841. The highest BCUT2D eigenvalue weighted by Gasteiger charge is 2.12. The zero-order chi connectivity index (χ0) is 11.5. The number of oxazole rings is 1. The summed E-state index contributed by atoms with van der Waals surface area (Å²) in [5, 5.41) is 0. The van der Waals surface area contributed by atoms with E-state index in [0.29, 0.717) is 23.0 Å². The van der Waals surface area contributed by atoms with Gasteiger partial charge in [0.15, 0.2) is 5.76 Å². The Morgan fingerprint density at radius 1 is 1.19 bits per heavy atom. The van der Waals surface area contributed by atoms with Crippen LogP contribution < -0.4 is 15.2 Å². The van der Waals surface area contributed by atoms with Crippen LogP contribution in [0.25, 0.3) is 11.3 Å². The van der Waals surface area contributed by atoms with Crippen LogP contribution >= 0.6 is 0 Å². The van der Waals surface area contributed by atoms with Crippen molar-refractivity contribution < 1.29 is 13.9 Å². The van der Waals surface area contributed by atoms with Crippen molar-refractivity contribution in [3.05, 3.63) is 18.5 Å². The van der Waals surface area contributed by atoms with Gasteiger partial charge >= 0.3 is 0 Å². The number of nitrogen functional groups attached to an aromatic ring is 1. The maximum Gasteiger partial charge on any atom is 0.292 e. The van der Waals surface area contributed by atoms with Gasteiger partial charge in [0.2, 0.25) is 5.88 Å². The third-order valence-corrected chi connectivity index (χ3v) is 2.06. The molecule has 2 rings (SSSR count). The van der Waals surface area contributed by atoms with E-state index in [1.54, 1.807) is 19.4 Å². The number of nitrogens with zero attached hydrogens (tertiary/aromatic N) is 2. The Bertz CT molecular complexity index is 496. The molecular formula is C10H11N3O3. The Balaban J connectivity index is 2.52. The smallest absolute Gasteiger partial charge is 0.292 e. The number of nitrogens with two attached hydrogens (primary N) is 1. The Kier molecular flexibility index (Phi) is 2.63. The maximum absolute atomic E-state index is 5.41.